The molecule has 6 heteroatoms. The molecule has 1 aliphatic rings. The van der Waals surface area contributed by atoms with E-state index in [1.54, 1.807) is 12.1 Å². The molecule has 0 spiro atoms. The quantitative estimate of drug-likeness (QED) is 0.882. The minimum absolute atomic E-state index is 0.0105. The van der Waals surface area contributed by atoms with E-state index in [4.69, 9.17) is 4.74 Å². The lowest BCUT2D eigenvalue weighted by Gasteiger charge is -2.14. The standard InChI is InChI=1S/C16H16FN3O2/c1-22-16(21)12-9-19-15(10-4-6-11(17)7-5-10)20-14(12)13-3-2-8-18-13/h4-7,9,13,18H,2-3,8H2,1H3. The molecule has 1 N–H and O–H groups in total. The monoisotopic (exact) mass is 301 g/mol. The summed E-state index contributed by atoms with van der Waals surface area (Å²) in [5.41, 5.74) is 1.71. The second kappa shape index (κ2) is 6.19. The molecule has 1 atom stereocenters. The summed E-state index contributed by atoms with van der Waals surface area (Å²) >= 11 is 0. The predicted octanol–water partition coefficient (Wildman–Crippen LogP) is 2.49. The number of benzene rings is 1. The van der Waals surface area contributed by atoms with Crippen LogP contribution in [-0.4, -0.2) is 29.6 Å². The number of aromatic nitrogens is 2. The average molecular weight is 301 g/mol. The molecule has 114 valence electrons. The molecule has 0 aliphatic carbocycles. The first-order chi connectivity index (χ1) is 10.7. The van der Waals surface area contributed by atoms with Gasteiger partial charge in [0, 0.05) is 11.8 Å². The van der Waals surface area contributed by atoms with Crippen molar-refractivity contribution in [3.8, 4) is 11.4 Å². The van der Waals surface area contributed by atoms with E-state index in [2.05, 4.69) is 15.3 Å². The topological polar surface area (TPSA) is 64.1 Å². The highest BCUT2D eigenvalue weighted by molar-refractivity contribution is 5.90. The van der Waals surface area contributed by atoms with Crippen LogP contribution < -0.4 is 5.32 Å². The van der Waals surface area contributed by atoms with Crippen LogP contribution >= 0.6 is 0 Å². The molecule has 1 aromatic carbocycles. The summed E-state index contributed by atoms with van der Waals surface area (Å²) in [6, 6.07) is 5.97. The number of nitrogens with zero attached hydrogens (tertiary/aromatic N) is 2. The Morgan fingerprint density at radius 3 is 2.77 bits per heavy atom. The largest absolute Gasteiger partial charge is 0.465 e. The fraction of sp³-hybridized carbons (Fsp3) is 0.312. The Morgan fingerprint density at radius 1 is 1.36 bits per heavy atom. The molecular weight excluding hydrogens is 285 g/mol. The highest BCUT2D eigenvalue weighted by Crippen LogP contribution is 2.26. The van der Waals surface area contributed by atoms with Gasteiger partial charge in [0.2, 0.25) is 0 Å². The van der Waals surface area contributed by atoms with Gasteiger partial charge in [-0.2, -0.15) is 0 Å². The van der Waals surface area contributed by atoms with Crippen molar-refractivity contribution in [1.82, 2.24) is 15.3 Å². The summed E-state index contributed by atoms with van der Waals surface area (Å²) in [6.45, 7) is 0.890. The third kappa shape index (κ3) is 2.82. The van der Waals surface area contributed by atoms with Gasteiger partial charge in [-0.15, -0.1) is 0 Å². The number of carbonyl (C=O) groups excluding carboxylic acids is 1. The minimum Gasteiger partial charge on any atom is -0.465 e. The highest BCUT2D eigenvalue weighted by atomic mass is 19.1. The van der Waals surface area contributed by atoms with E-state index >= 15 is 0 Å². The lowest BCUT2D eigenvalue weighted by Crippen LogP contribution is -2.19. The average Bonchev–Trinajstić information content (AvgIpc) is 3.08. The molecule has 0 radical (unpaired) electrons. The van der Waals surface area contributed by atoms with Crippen molar-refractivity contribution in [2.45, 2.75) is 18.9 Å². The Balaban J connectivity index is 2.04. The molecule has 0 saturated carbocycles. The fourth-order valence-electron chi connectivity index (χ4n) is 2.58. The molecule has 3 rings (SSSR count). The van der Waals surface area contributed by atoms with Gasteiger partial charge in [-0.05, 0) is 43.7 Å². The van der Waals surface area contributed by atoms with Gasteiger partial charge in [-0.1, -0.05) is 0 Å². The lowest BCUT2D eigenvalue weighted by atomic mass is 10.1. The van der Waals surface area contributed by atoms with Crippen molar-refractivity contribution in [2.75, 3.05) is 13.7 Å². The van der Waals surface area contributed by atoms with E-state index in [0.717, 1.165) is 19.4 Å². The van der Waals surface area contributed by atoms with Crippen molar-refractivity contribution in [1.29, 1.82) is 0 Å². The summed E-state index contributed by atoms with van der Waals surface area (Å²) in [6.07, 6.45) is 3.41. The molecular formula is C16H16FN3O2. The Morgan fingerprint density at radius 2 is 2.14 bits per heavy atom. The zero-order valence-electron chi connectivity index (χ0n) is 12.2. The first-order valence-electron chi connectivity index (χ1n) is 7.13. The summed E-state index contributed by atoms with van der Waals surface area (Å²) in [4.78, 5) is 20.6. The van der Waals surface area contributed by atoms with Crippen LogP contribution in [0.4, 0.5) is 4.39 Å². The maximum Gasteiger partial charge on any atom is 0.341 e. The molecule has 1 fully saturated rings. The summed E-state index contributed by atoms with van der Waals surface area (Å²) in [7, 11) is 1.34. The number of ether oxygens (including phenoxy) is 1. The van der Waals surface area contributed by atoms with Crippen molar-refractivity contribution in [2.24, 2.45) is 0 Å². The van der Waals surface area contributed by atoms with Gasteiger partial charge in [-0.3, -0.25) is 0 Å². The molecule has 0 amide bonds. The lowest BCUT2D eigenvalue weighted by molar-refractivity contribution is 0.0597. The molecule has 1 aliphatic heterocycles. The third-order valence-electron chi connectivity index (χ3n) is 3.72. The van der Waals surface area contributed by atoms with Crippen molar-refractivity contribution in [3.63, 3.8) is 0 Å². The molecule has 22 heavy (non-hydrogen) atoms. The SMILES string of the molecule is COC(=O)c1cnc(-c2ccc(F)cc2)nc1C1CCCN1. The van der Waals surface area contributed by atoms with Crippen LogP contribution in [-0.2, 0) is 4.74 Å². The molecule has 0 bridgehead atoms. The van der Waals surface area contributed by atoms with E-state index in [1.807, 2.05) is 0 Å². The zero-order chi connectivity index (χ0) is 15.5. The molecule has 2 heterocycles. The molecule has 1 aromatic heterocycles. The van der Waals surface area contributed by atoms with E-state index in [1.165, 1.54) is 25.4 Å². The first-order valence-corrected chi connectivity index (χ1v) is 7.13. The van der Waals surface area contributed by atoms with Crippen LogP contribution in [0.5, 0.6) is 0 Å². The van der Waals surface area contributed by atoms with E-state index in [-0.39, 0.29) is 11.9 Å². The van der Waals surface area contributed by atoms with E-state index in [9.17, 15) is 9.18 Å². The van der Waals surface area contributed by atoms with Gasteiger partial charge in [0.1, 0.15) is 11.4 Å². The van der Waals surface area contributed by atoms with Crippen LogP contribution in [0.1, 0.15) is 34.9 Å². The van der Waals surface area contributed by atoms with Gasteiger partial charge in [-0.25, -0.2) is 19.2 Å². The molecule has 1 unspecified atom stereocenters. The van der Waals surface area contributed by atoms with Crippen LogP contribution in [0, 0.1) is 5.82 Å². The molecule has 1 saturated heterocycles. The predicted molar refractivity (Wildman–Crippen MR) is 78.7 cm³/mol. The van der Waals surface area contributed by atoms with Gasteiger partial charge >= 0.3 is 5.97 Å². The van der Waals surface area contributed by atoms with Crippen LogP contribution in [0.3, 0.4) is 0 Å². The number of rotatable bonds is 3. The Bertz CT molecular complexity index is 682. The van der Waals surface area contributed by atoms with Gasteiger partial charge in [0.05, 0.1) is 18.8 Å². The van der Waals surface area contributed by atoms with Gasteiger partial charge in [0.15, 0.2) is 5.82 Å². The third-order valence-corrected chi connectivity index (χ3v) is 3.72. The zero-order valence-corrected chi connectivity index (χ0v) is 12.2. The molecule has 2 aromatic rings. The smallest absolute Gasteiger partial charge is 0.341 e. The first kappa shape index (κ1) is 14.6. The Labute approximate surface area is 127 Å². The molecule has 5 nitrogen and oxygen atoms in total. The van der Waals surface area contributed by atoms with E-state index in [0.29, 0.717) is 22.6 Å². The van der Waals surface area contributed by atoms with Crippen molar-refractivity contribution in [3.05, 3.63) is 47.5 Å². The van der Waals surface area contributed by atoms with Gasteiger partial charge < -0.3 is 10.1 Å². The number of carbonyl (C=O) groups is 1. The normalized spacial score (nSPS) is 17.5. The van der Waals surface area contributed by atoms with Gasteiger partial charge in [0.25, 0.3) is 0 Å². The number of methoxy groups -OCH3 is 1. The van der Waals surface area contributed by atoms with Crippen LogP contribution in [0.2, 0.25) is 0 Å². The summed E-state index contributed by atoms with van der Waals surface area (Å²) < 4.78 is 17.8. The van der Waals surface area contributed by atoms with Crippen molar-refractivity contribution >= 4 is 5.97 Å². The number of hydrogen-bond donors (Lipinski definition) is 1. The van der Waals surface area contributed by atoms with Crippen LogP contribution in [0.15, 0.2) is 30.5 Å². The number of hydrogen-bond acceptors (Lipinski definition) is 5. The fourth-order valence-corrected chi connectivity index (χ4v) is 2.58. The second-order valence-corrected chi connectivity index (χ2v) is 5.14. The van der Waals surface area contributed by atoms with Crippen LogP contribution in [0.25, 0.3) is 11.4 Å². The number of halogens is 1. The number of esters is 1. The maximum absolute atomic E-state index is 13.0. The van der Waals surface area contributed by atoms with Crippen molar-refractivity contribution < 1.29 is 13.9 Å². The summed E-state index contributed by atoms with van der Waals surface area (Å²) in [5.74, 6) is -0.293. The Hall–Kier alpha value is -2.34. The number of nitrogens with one attached hydrogen (secondary N) is 1. The maximum atomic E-state index is 13.0. The van der Waals surface area contributed by atoms with E-state index < -0.39 is 5.97 Å². The Kier molecular flexibility index (Phi) is 4.11. The highest BCUT2D eigenvalue weighted by Gasteiger charge is 2.25. The second-order valence-electron chi connectivity index (χ2n) is 5.14. The minimum atomic E-state index is -0.450. The summed E-state index contributed by atoms with van der Waals surface area (Å²) in [5, 5.41) is 3.32.